The molecule has 0 fully saturated rings. The van der Waals surface area contributed by atoms with Crippen molar-refractivity contribution in [3.63, 3.8) is 0 Å². The van der Waals surface area contributed by atoms with Crippen LogP contribution in [0.25, 0.3) is 10.1 Å². The van der Waals surface area contributed by atoms with Crippen LogP contribution in [0.3, 0.4) is 0 Å². The highest BCUT2D eigenvalue weighted by molar-refractivity contribution is 7.17. The highest BCUT2D eigenvalue weighted by atomic mass is 32.1. The van der Waals surface area contributed by atoms with Gasteiger partial charge in [0.25, 0.3) is 0 Å². The molecule has 0 saturated heterocycles. The molecule has 1 aromatic heterocycles. The van der Waals surface area contributed by atoms with Gasteiger partial charge >= 0.3 is 5.97 Å². The molecule has 0 radical (unpaired) electrons. The number of carboxylic acid groups (broad SMARTS) is 1. The normalized spacial score (nSPS) is 14.0. The molecule has 4 heteroatoms. The highest BCUT2D eigenvalue weighted by Gasteiger charge is 2.13. The number of hydrogen-bond donors (Lipinski definition) is 1. The number of aliphatic carboxylic acids is 1. The molecule has 1 aromatic carbocycles. The number of carbonyl (C=O) groups is 1. The fourth-order valence-electron chi connectivity index (χ4n) is 2.76. The summed E-state index contributed by atoms with van der Waals surface area (Å²) in [5, 5.41) is 12.0. The lowest BCUT2D eigenvalue weighted by Gasteiger charge is -2.12. The van der Waals surface area contributed by atoms with Gasteiger partial charge in [0.05, 0.1) is 6.42 Å². The predicted octanol–water partition coefficient (Wildman–Crippen LogP) is 5.20. The van der Waals surface area contributed by atoms with Crippen LogP contribution in [0.5, 0.6) is 5.75 Å². The minimum Gasteiger partial charge on any atom is -0.489 e. The maximum absolute atomic E-state index is 11.0. The largest absolute Gasteiger partial charge is 0.489 e. The zero-order valence-corrected chi connectivity index (χ0v) is 15.4. The van der Waals surface area contributed by atoms with Gasteiger partial charge in [-0.05, 0) is 72.0 Å². The molecule has 0 unspecified atom stereocenters. The van der Waals surface area contributed by atoms with Crippen LogP contribution in [0.4, 0.5) is 0 Å². The molecule has 1 aliphatic carbocycles. The minimum absolute atomic E-state index is 0.0501. The number of benzene rings is 1. The standard InChI is InChI=1S/C21H20O3S/c1-13-4-6-14(2)16(7-5-13)11-24-19-9-8-18-17(10-20(22)23)12-25-21(18)15(19)3/h4-5,7-9,12H,10-11H2,1-3H3,(H,22,23). The van der Waals surface area contributed by atoms with Gasteiger partial charge in [-0.2, -0.15) is 0 Å². The second-order valence-electron chi connectivity index (χ2n) is 6.20. The molecule has 0 saturated carbocycles. The second-order valence-corrected chi connectivity index (χ2v) is 7.08. The Morgan fingerprint density at radius 3 is 2.80 bits per heavy atom. The van der Waals surface area contributed by atoms with Gasteiger partial charge < -0.3 is 9.84 Å². The van der Waals surface area contributed by atoms with Crippen LogP contribution in [0, 0.1) is 6.92 Å². The fraction of sp³-hybridized carbons (Fsp3) is 0.238. The summed E-state index contributed by atoms with van der Waals surface area (Å²) in [6.07, 6.45) is 6.17. The van der Waals surface area contributed by atoms with Crippen molar-refractivity contribution in [3.05, 3.63) is 69.3 Å². The molecule has 1 N–H and O–H groups in total. The van der Waals surface area contributed by atoms with E-state index in [-0.39, 0.29) is 6.42 Å². The van der Waals surface area contributed by atoms with Crippen LogP contribution in [0.1, 0.15) is 25.0 Å². The van der Waals surface area contributed by atoms with Gasteiger partial charge in [0.1, 0.15) is 12.4 Å². The Morgan fingerprint density at radius 2 is 2.04 bits per heavy atom. The number of rotatable bonds is 5. The van der Waals surface area contributed by atoms with Crippen LogP contribution in [-0.2, 0) is 11.2 Å². The van der Waals surface area contributed by atoms with E-state index in [1.54, 1.807) is 11.3 Å². The first kappa shape index (κ1) is 17.3. The fourth-order valence-corrected chi connectivity index (χ4v) is 3.83. The van der Waals surface area contributed by atoms with Gasteiger partial charge in [-0.15, -0.1) is 17.1 Å². The number of fused-ring (bicyclic) bond motifs is 1. The molecule has 128 valence electrons. The van der Waals surface area contributed by atoms with Crippen molar-refractivity contribution < 1.29 is 14.6 Å². The lowest BCUT2D eigenvalue weighted by molar-refractivity contribution is -0.136. The van der Waals surface area contributed by atoms with Gasteiger partial charge in [-0.1, -0.05) is 12.2 Å². The van der Waals surface area contributed by atoms with Gasteiger partial charge in [0.2, 0.25) is 0 Å². The molecular formula is C21H20O3S. The third kappa shape index (κ3) is 3.76. The summed E-state index contributed by atoms with van der Waals surface area (Å²) in [7, 11) is 0. The van der Waals surface area contributed by atoms with E-state index in [4.69, 9.17) is 9.84 Å². The third-order valence-electron chi connectivity index (χ3n) is 4.29. The van der Waals surface area contributed by atoms with Crippen LogP contribution in [0.15, 0.2) is 58.2 Å². The Labute approximate surface area is 151 Å². The van der Waals surface area contributed by atoms with E-state index < -0.39 is 5.97 Å². The first-order valence-electron chi connectivity index (χ1n) is 8.11. The average molecular weight is 352 g/mol. The molecule has 1 heterocycles. The summed E-state index contributed by atoms with van der Waals surface area (Å²) < 4.78 is 7.14. The first-order valence-corrected chi connectivity index (χ1v) is 8.99. The van der Waals surface area contributed by atoms with Crippen LogP contribution in [0.2, 0.25) is 0 Å². The molecule has 0 amide bonds. The molecule has 1 aliphatic rings. The van der Waals surface area contributed by atoms with Crippen LogP contribution >= 0.6 is 11.3 Å². The summed E-state index contributed by atoms with van der Waals surface area (Å²) in [5.74, 6) is 0.0236. The summed E-state index contributed by atoms with van der Waals surface area (Å²) >= 11 is 1.57. The second kappa shape index (κ2) is 7.14. The van der Waals surface area contributed by atoms with Crippen molar-refractivity contribution in [2.75, 3.05) is 6.61 Å². The summed E-state index contributed by atoms with van der Waals surface area (Å²) in [4.78, 5) is 11.0. The van der Waals surface area contributed by atoms with Gasteiger partial charge in [-0.3, -0.25) is 4.79 Å². The number of thiophene rings is 1. The van der Waals surface area contributed by atoms with E-state index in [1.165, 1.54) is 0 Å². The van der Waals surface area contributed by atoms with E-state index in [9.17, 15) is 4.79 Å². The van der Waals surface area contributed by atoms with E-state index in [0.717, 1.165) is 43.7 Å². The van der Waals surface area contributed by atoms with Crippen LogP contribution < -0.4 is 4.74 Å². The number of ether oxygens (including phenoxy) is 1. The van der Waals surface area contributed by atoms with E-state index >= 15 is 0 Å². The predicted molar refractivity (Wildman–Crippen MR) is 103 cm³/mol. The molecule has 3 rings (SSSR count). The van der Waals surface area contributed by atoms with Crippen molar-refractivity contribution in [3.8, 4) is 5.75 Å². The van der Waals surface area contributed by atoms with E-state index in [2.05, 4.69) is 17.9 Å². The van der Waals surface area contributed by atoms with Gasteiger partial charge in [-0.25, -0.2) is 0 Å². The van der Waals surface area contributed by atoms with E-state index in [1.807, 2.05) is 44.4 Å². The maximum atomic E-state index is 11.0. The zero-order valence-electron chi connectivity index (χ0n) is 14.6. The molecule has 25 heavy (non-hydrogen) atoms. The van der Waals surface area contributed by atoms with Gasteiger partial charge in [0.15, 0.2) is 0 Å². The Hall–Kier alpha value is -2.55. The molecule has 0 aliphatic heterocycles. The summed E-state index contributed by atoms with van der Waals surface area (Å²) in [6.45, 7) is 6.58. The molecule has 3 nitrogen and oxygen atoms in total. The summed E-state index contributed by atoms with van der Waals surface area (Å²) in [5.41, 5.74) is 8.52. The quantitative estimate of drug-likeness (QED) is 0.752. The molecule has 0 atom stereocenters. The minimum atomic E-state index is -0.809. The third-order valence-corrected chi connectivity index (χ3v) is 5.46. The van der Waals surface area contributed by atoms with Crippen molar-refractivity contribution in [1.82, 2.24) is 0 Å². The highest BCUT2D eigenvalue weighted by Crippen LogP contribution is 2.34. The van der Waals surface area contributed by atoms with Crippen molar-refractivity contribution in [1.29, 1.82) is 0 Å². The molecule has 0 bridgehead atoms. The average Bonchev–Trinajstić information content (AvgIpc) is 2.89. The van der Waals surface area contributed by atoms with Crippen molar-refractivity contribution in [2.24, 2.45) is 0 Å². The summed E-state index contributed by atoms with van der Waals surface area (Å²) in [6, 6.07) is 3.89. The van der Waals surface area contributed by atoms with Crippen LogP contribution in [-0.4, -0.2) is 17.7 Å². The smallest absolute Gasteiger partial charge is 0.307 e. The van der Waals surface area contributed by atoms with Crippen molar-refractivity contribution in [2.45, 2.75) is 27.2 Å². The molecule has 2 aromatic rings. The number of aryl methyl sites for hydroxylation is 1. The van der Waals surface area contributed by atoms with E-state index in [0.29, 0.717) is 6.61 Å². The lowest BCUT2D eigenvalue weighted by Crippen LogP contribution is -2.03. The lowest BCUT2D eigenvalue weighted by atomic mass is 10.1. The molecule has 0 spiro atoms. The Morgan fingerprint density at radius 1 is 1.24 bits per heavy atom. The number of carboxylic acids is 1. The zero-order chi connectivity index (χ0) is 18.0. The Bertz CT molecular complexity index is 966. The Kier molecular flexibility index (Phi) is 4.93. The Balaban J connectivity index is 1.84. The maximum Gasteiger partial charge on any atom is 0.307 e. The first-order chi connectivity index (χ1) is 12.0. The van der Waals surface area contributed by atoms with Gasteiger partial charge in [0, 0.05) is 10.3 Å². The monoisotopic (exact) mass is 352 g/mol. The molecular weight excluding hydrogens is 332 g/mol. The van der Waals surface area contributed by atoms with Crippen molar-refractivity contribution >= 4 is 27.4 Å². The number of hydrogen-bond acceptors (Lipinski definition) is 3. The topological polar surface area (TPSA) is 46.5 Å². The SMILES string of the molecule is CC1=C=CC(C)=CC=C1COc1ccc2c(CC(=O)O)csc2c1C. The number of allylic oxidation sites excluding steroid dienone is 3.